The Hall–Kier alpha value is -2.26. The number of nitrogens with zero attached hydrogens (tertiary/aromatic N) is 1. The summed E-state index contributed by atoms with van der Waals surface area (Å²) in [5.41, 5.74) is 5.97. The van der Waals surface area contributed by atoms with Crippen LogP contribution in [-0.2, 0) is 12.8 Å². The summed E-state index contributed by atoms with van der Waals surface area (Å²) in [4.78, 5) is 4.83. The highest BCUT2D eigenvalue weighted by Crippen LogP contribution is 2.35. The summed E-state index contributed by atoms with van der Waals surface area (Å²) in [6.45, 7) is 0. The number of benzene rings is 2. The maximum atomic E-state index is 5.23. The molecule has 0 fully saturated rings. The molecule has 1 aliphatic carbocycles. The number of nitrogens with one attached hydrogen (secondary N) is 1. The Morgan fingerprint density at radius 3 is 2.57 bits per heavy atom. The predicted octanol–water partition coefficient (Wildman–Crippen LogP) is 1.48. The molecule has 3 aromatic rings. The van der Waals surface area contributed by atoms with Crippen molar-refractivity contribution in [1.82, 2.24) is 4.98 Å². The van der Waals surface area contributed by atoms with Gasteiger partial charge in [-0.3, -0.25) is 4.98 Å². The molecule has 0 saturated heterocycles. The summed E-state index contributed by atoms with van der Waals surface area (Å²) in [6.07, 6.45) is 3.37. The van der Waals surface area contributed by atoms with Gasteiger partial charge in [-0.2, -0.15) is 0 Å². The first-order valence-corrected chi connectivity index (χ1v) is 7.67. The minimum atomic E-state index is 0. The van der Waals surface area contributed by atoms with Crippen molar-refractivity contribution >= 4 is 22.3 Å². The molecule has 4 rings (SSSR count). The number of methoxy groups -OCH3 is 1. The number of aryl methyl sites for hydroxylation is 1. The monoisotopic (exact) mass is 325 g/mol. The van der Waals surface area contributed by atoms with Gasteiger partial charge in [0.05, 0.1) is 18.3 Å². The minimum absolute atomic E-state index is 0. The molecule has 0 radical (unpaired) electrons. The summed E-state index contributed by atoms with van der Waals surface area (Å²) in [7, 11) is 1.69. The third kappa shape index (κ3) is 2.84. The van der Waals surface area contributed by atoms with Crippen LogP contribution in [0.25, 0.3) is 10.9 Å². The highest BCUT2D eigenvalue weighted by Gasteiger charge is 2.19. The van der Waals surface area contributed by atoms with Crippen LogP contribution in [0.5, 0.6) is 5.75 Å². The van der Waals surface area contributed by atoms with E-state index in [2.05, 4.69) is 35.6 Å². The van der Waals surface area contributed by atoms with Gasteiger partial charge in [-0.05, 0) is 55.2 Å². The molecule has 1 aromatic heterocycles. The van der Waals surface area contributed by atoms with Crippen LogP contribution < -0.4 is 22.5 Å². The molecule has 2 aromatic carbocycles. The molecule has 1 N–H and O–H groups in total. The quantitative estimate of drug-likeness (QED) is 0.792. The van der Waals surface area contributed by atoms with Gasteiger partial charge in [-0.1, -0.05) is 18.2 Å². The molecule has 0 bridgehead atoms. The minimum Gasteiger partial charge on any atom is -1.00 e. The second-order valence-corrected chi connectivity index (χ2v) is 5.64. The van der Waals surface area contributed by atoms with E-state index in [-0.39, 0.29) is 12.4 Å². The zero-order chi connectivity index (χ0) is 14.9. The van der Waals surface area contributed by atoms with Crippen molar-refractivity contribution in [2.45, 2.75) is 19.3 Å². The van der Waals surface area contributed by atoms with Gasteiger partial charge in [0.1, 0.15) is 5.75 Å². The second-order valence-electron chi connectivity index (χ2n) is 5.64. The molecule has 1 heterocycles. The van der Waals surface area contributed by atoms with Gasteiger partial charge in [0.15, 0.2) is 0 Å². The van der Waals surface area contributed by atoms with Crippen molar-refractivity contribution in [3.05, 3.63) is 59.8 Å². The van der Waals surface area contributed by atoms with Crippen LogP contribution in [0.1, 0.15) is 17.7 Å². The van der Waals surface area contributed by atoms with E-state index in [9.17, 15) is 0 Å². The third-order valence-corrected chi connectivity index (χ3v) is 4.28. The lowest BCUT2D eigenvalue weighted by molar-refractivity contribution is -0.00000470. The zero-order valence-corrected chi connectivity index (χ0v) is 13.7. The smallest absolute Gasteiger partial charge is 0.119 e. The Kier molecular flexibility index (Phi) is 4.39. The van der Waals surface area contributed by atoms with E-state index >= 15 is 0 Å². The average molecular weight is 326 g/mol. The van der Waals surface area contributed by atoms with E-state index in [4.69, 9.17) is 9.72 Å². The van der Waals surface area contributed by atoms with E-state index in [0.29, 0.717) is 0 Å². The van der Waals surface area contributed by atoms with E-state index < -0.39 is 0 Å². The van der Waals surface area contributed by atoms with E-state index in [1.807, 2.05) is 18.2 Å². The highest BCUT2D eigenvalue weighted by atomic mass is 35.5. The lowest BCUT2D eigenvalue weighted by atomic mass is 10.1. The van der Waals surface area contributed by atoms with Crippen molar-refractivity contribution in [2.75, 3.05) is 12.4 Å². The maximum absolute atomic E-state index is 5.23. The molecule has 23 heavy (non-hydrogen) atoms. The number of fused-ring (bicyclic) bond motifs is 2. The van der Waals surface area contributed by atoms with Crippen molar-refractivity contribution in [3.8, 4) is 5.75 Å². The molecule has 0 aliphatic heterocycles. The van der Waals surface area contributed by atoms with Gasteiger partial charge in [-0.25, -0.2) is 0 Å². The van der Waals surface area contributed by atoms with Crippen LogP contribution in [-0.4, -0.2) is 12.1 Å². The van der Waals surface area contributed by atoms with Gasteiger partial charge in [-0.15, -0.1) is 0 Å². The van der Waals surface area contributed by atoms with Crippen molar-refractivity contribution in [3.63, 3.8) is 0 Å². The summed E-state index contributed by atoms with van der Waals surface area (Å²) in [6, 6.07) is 16.4. The Bertz CT molecular complexity index is 831. The number of pyridine rings is 1. The fourth-order valence-corrected chi connectivity index (χ4v) is 3.17. The Morgan fingerprint density at radius 1 is 1.00 bits per heavy atom. The Morgan fingerprint density at radius 2 is 1.78 bits per heavy atom. The van der Waals surface area contributed by atoms with Gasteiger partial charge >= 0.3 is 0 Å². The first-order chi connectivity index (χ1) is 10.8. The standard InChI is InChI=1S/C19H18N2O.ClH/c1-22-14-11-9-13(10-12-14)20-19-15-5-2-3-7-17(15)21-18-8-4-6-16(18)19;/h2-3,5,7,9-12H,4,6,8H2,1H3,(H,20,21);1H/p-1. The summed E-state index contributed by atoms with van der Waals surface area (Å²) in [5, 5.41) is 4.80. The van der Waals surface area contributed by atoms with Gasteiger partial charge in [0.2, 0.25) is 0 Å². The molecular weight excluding hydrogens is 308 g/mol. The van der Waals surface area contributed by atoms with Gasteiger partial charge < -0.3 is 22.5 Å². The highest BCUT2D eigenvalue weighted by molar-refractivity contribution is 5.95. The van der Waals surface area contributed by atoms with Crippen LogP contribution in [0, 0.1) is 0 Å². The number of hydrogen-bond acceptors (Lipinski definition) is 3. The molecule has 3 nitrogen and oxygen atoms in total. The summed E-state index contributed by atoms with van der Waals surface area (Å²) >= 11 is 0. The normalized spacial score (nSPS) is 12.6. The lowest BCUT2D eigenvalue weighted by Gasteiger charge is -2.15. The molecule has 118 valence electrons. The second kappa shape index (κ2) is 6.47. The summed E-state index contributed by atoms with van der Waals surface area (Å²) < 4.78 is 5.23. The van der Waals surface area contributed by atoms with E-state index in [1.54, 1.807) is 7.11 Å². The number of hydrogen-bond donors (Lipinski definition) is 1. The Labute approximate surface area is 142 Å². The van der Waals surface area contributed by atoms with Crippen LogP contribution >= 0.6 is 0 Å². The Balaban J connectivity index is 0.00000156. The molecule has 0 unspecified atom stereocenters. The zero-order valence-electron chi connectivity index (χ0n) is 13.0. The SMILES string of the molecule is COc1ccc(Nc2c3c(nc4ccccc24)CCC3)cc1.[Cl-]. The number of para-hydroxylation sites is 1. The van der Waals surface area contributed by atoms with Crippen molar-refractivity contribution < 1.29 is 17.1 Å². The van der Waals surface area contributed by atoms with Crippen LogP contribution in [0.15, 0.2) is 48.5 Å². The van der Waals surface area contributed by atoms with Crippen LogP contribution in [0.3, 0.4) is 0 Å². The first kappa shape index (κ1) is 15.6. The van der Waals surface area contributed by atoms with Crippen LogP contribution in [0.4, 0.5) is 11.4 Å². The number of halogens is 1. The largest absolute Gasteiger partial charge is 1.00 e. The average Bonchev–Trinajstić information content (AvgIpc) is 3.03. The number of ether oxygens (including phenoxy) is 1. The molecule has 0 amide bonds. The third-order valence-electron chi connectivity index (χ3n) is 4.28. The van der Waals surface area contributed by atoms with Crippen molar-refractivity contribution in [1.29, 1.82) is 0 Å². The van der Waals surface area contributed by atoms with E-state index in [0.717, 1.165) is 29.8 Å². The maximum Gasteiger partial charge on any atom is 0.119 e. The van der Waals surface area contributed by atoms with Crippen molar-refractivity contribution in [2.24, 2.45) is 0 Å². The fraction of sp³-hybridized carbons (Fsp3) is 0.211. The number of aromatic nitrogens is 1. The first-order valence-electron chi connectivity index (χ1n) is 7.67. The number of rotatable bonds is 3. The topological polar surface area (TPSA) is 34.1 Å². The predicted molar refractivity (Wildman–Crippen MR) is 90.0 cm³/mol. The molecule has 0 atom stereocenters. The molecule has 1 aliphatic rings. The summed E-state index contributed by atoms with van der Waals surface area (Å²) in [5.74, 6) is 0.871. The van der Waals surface area contributed by atoms with Crippen LogP contribution in [0.2, 0.25) is 0 Å². The fourth-order valence-electron chi connectivity index (χ4n) is 3.17. The van der Waals surface area contributed by atoms with Gasteiger partial charge in [0, 0.05) is 16.8 Å². The molecule has 0 saturated carbocycles. The lowest BCUT2D eigenvalue weighted by Crippen LogP contribution is -3.00. The molecule has 4 heteroatoms. The molecular formula is C19H18ClN2O-. The number of anilines is 2. The van der Waals surface area contributed by atoms with Gasteiger partial charge in [0.25, 0.3) is 0 Å². The molecule has 0 spiro atoms. The van der Waals surface area contributed by atoms with E-state index in [1.165, 1.54) is 28.8 Å².